The molecule has 0 radical (unpaired) electrons. The zero-order chi connectivity index (χ0) is 20.7. The van der Waals surface area contributed by atoms with Gasteiger partial charge in [0.05, 0.1) is 11.2 Å². The Balaban J connectivity index is 1.62. The van der Waals surface area contributed by atoms with Gasteiger partial charge in [0.2, 0.25) is 0 Å². The summed E-state index contributed by atoms with van der Waals surface area (Å²) in [5.74, 6) is -0.603. The third-order valence-corrected chi connectivity index (χ3v) is 5.42. The molecule has 0 unspecified atom stereocenters. The summed E-state index contributed by atoms with van der Waals surface area (Å²) in [6.07, 6.45) is -2.23. The SMILES string of the molecule is CC1(C)OB(C2=CCN(C(=O)c3ccc(OC(F)(F)F)cc3)CC2)OC1(C)C. The molecule has 0 aliphatic carbocycles. The molecule has 1 aromatic rings. The number of rotatable bonds is 3. The Morgan fingerprint density at radius 3 is 2.14 bits per heavy atom. The maximum Gasteiger partial charge on any atom is 0.573 e. The van der Waals surface area contributed by atoms with E-state index in [-0.39, 0.29) is 11.7 Å². The van der Waals surface area contributed by atoms with Gasteiger partial charge in [-0.1, -0.05) is 6.08 Å². The number of alkyl halides is 3. The predicted octanol–water partition coefficient (Wildman–Crippen LogP) is 3.99. The van der Waals surface area contributed by atoms with E-state index in [1.807, 2.05) is 33.8 Å². The first-order chi connectivity index (χ1) is 12.9. The number of ether oxygens (including phenoxy) is 1. The third-order valence-electron chi connectivity index (χ3n) is 5.42. The maximum atomic E-state index is 12.6. The molecule has 2 aliphatic heterocycles. The first kappa shape index (κ1) is 20.7. The maximum absolute atomic E-state index is 12.6. The van der Waals surface area contributed by atoms with E-state index in [1.54, 1.807) is 4.90 Å². The lowest BCUT2D eigenvalue weighted by Gasteiger charge is -2.32. The summed E-state index contributed by atoms with van der Waals surface area (Å²) in [5.41, 5.74) is 0.454. The Bertz CT molecular complexity index is 758. The highest BCUT2D eigenvalue weighted by Gasteiger charge is 2.52. The third kappa shape index (κ3) is 4.36. The number of amides is 1. The normalized spacial score (nSPS) is 21.5. The highest BCUT2D eigenvalue weighted by molar-refractivity contribution is 6.54. The average molecular weight is 397 g/mol. The minimum atomic E-state index is -4.76. The Morgan fingerprint density at radius 2 is 1.68 bits per heavy atom. The molecule has 5 nitrogen and oxygen atoms in total. The van der Waals surface area contributed by atoms with Crippen molar-refractivity contribution < 1.29 is 32.0 Å². The summed E-state index contributed by atoms with van der Waals surface area (Å²) in [4.78, 5) is 14.2. The molecule has 28 heavy (non-hydrogen) atoms. The molecule has 0 atom stereocenters. The van der Waals surface area contributed by atoms with Crippen molar-refractivity contribution in [2.45, 2.75) is 51.7 Å². The second kappa shape index (κ2) is 7.11. The second-order valence-corrected chi connectivity index (χ2v) is 7.94. The van der Waals surface area contributed by atoms with Crippen LogP contribution < -0.4 is 4.74 Å². The average Bonchev–Trinajstić information content (AvgIpc) is 2.81. The molecule has 0 N–H and O–H groups in total. The van der Waals surface area contributed by atoms with E-state index < -0.39 is 24.7 Å². The number of nitrogens with zero attached hydrogens (tertiary/aromatic N) is 1. The summed E-state index contributed by atoms with van der Waals surface area (Å²) in [6, 6.07) is 4.93. The van der Waals surface area contributed by atoms with Crippen molar-refractivity contribution in [3.05, 3.63) is 41.4 Å². The largest absolute Gasteiger partial charge is 0.573 e. The molecular formula is C19H23BF3NO4. The van der Waals surface area contributed by atoms with Crippen molar-refractivity contribution in [1.29, 1.82) is 0 Å². The molecule has 0 spiro atoms. The van der Waals surface area contributed by atoms with Gasteiger partial charge >= 0.3 is 13.5 Å². The Hall–Kier alpha value is -2.00. The van der Waals surface area contributed by atoms with Gasteiger partial charge in [-0.05, 0) is 63.9 Å². The van der Waals surface area contributed by atoms with E-state index in [1.165, 1.54) is 12.1 Å². The minimum absolute atomic E-state index is 0.247. The van der Waals surface area contributed by atoms with Crippen LogP contribution >= 0.6 is 0 Å². The first-order valence-corrected chi connectivity index (χ1v) is 9.08. The Kier molecular flexibility index (Phi) is 5.27. The topological polar surface area (TPSA) is 48.0 Å². The second-order valence-electron chi connectivity index (χ2n) is 7.94. The highest BCUT2D eigenvalue weighted by atomic mass is 19.4. The molecule has 3 rings (SSSR count). The van der Waals surface area contributed by atoms with Crippen molar-refractivity contribution in [3.63, 3.8) is 0 Å². The number of halogens is 3. The number of carbonyl (C=O) groups excluding carboxylic acids is 1. The van der Waals surface area contributed by atoms with Gasteiger partial charge in [0.15, 0.2) is 0 Å². The highest BCUT2D eigenvalue weighted by Crippen LogP contribution is 2.39. The van der Waals surface area contributed by atoms with Gasteiger partial charge in [0, 0.05) is 18.7 Å². The van der Waals surface area contributed by atoms with Crippen LogP contribution in [0.15, 0.2) is 35.8 Å². The zero-order valence-corrected chi connectivity index (χ0v) is 16.3. The summed E-state index contributed by atoms with van der Waals surface area (Å²) >= 11 is 0. The fraction of sp³-hybridized carbons (Fsp3) is 0.526. The van der Waals surface area contributed by atoms with Crippen molar-refractivity contribution >= 4 is 13.0 Å². The van der Waals surface area contributed by atoms with E-state index in [2.05, 4.69) is 4.74 Å². The van der Waals surface area contributed by atoms with Crippen LogP contribution in [0.25, 0.3) is 0 Å². The molecule has 2 aliphatic rings. The van der Waals surface area contributed by atoms with Crippen LogP contribution in [0.5, 0.6) is 5.75 Å². The lowest BCUT2D eigenvalue weighted by Crippen LogP contribution is -2.41. The molecule has 0 saturated carbocycles. The summed E-state index contributed by atoms with van der Waals surface area (Å²) in [5, 5.41) is 0. The van der Waals surface area contributed by atoms with Crippen LogP contribution in [0, 0.1) is 0 Å². The fourth-order valence-corrected chi connectivity index (χ4v) is 3.06. The van der Waals surface area contributed by atoms with Crippen LogP contribution in [0.2, 0.25) is 0 Å². The van der Waals surface area contributed by atoms with Gasteiger partial charge in [-0.15, -0.1) is 13.2 Å². The van der Waals surface area contributed by atoms with Crippen LogP contribution in [0.3, 0.4) is 0 Å². The molecule has 0 aromatic heterocycles. The van der Waals surface area contributed by atoms with Crippen molar-refractivity contribution in [2.75, 3.05) is 13.1 Å². The fourth-order valence-electron chi connectivity index (χ4n) is 3.06. The van der Waals surface area contributed by atoms with Crippen molar-refractivity contribution in [2.24, 2.45) is 0 Å². The van der Waals surface area contributed by atoms with Gasteiger partial charge in [-0.3, -0.25) is 4.79 Å². The van der Waals surface area contributed by atoms with Gasteiger partial charge < -0.3 is 18.9 Å². The molecule has 1 saturated heterocycles. The van der Waals surface area contributed by atoms with E-state index in [4.69, 9.17) is 9.31 Å². The quantitative estimate of drug-likeness (QED) is 0.724. The zero-order valence-electron chi connectivity index (χ0n) is 16.3. The molecule has 1 fully saturated rings. The summed E-state index contributed by atoms with van der Waals surface area (Å²) in [7, 11) is -0.430. The minimum Gasteiger partial charge on any atom is -0.406 e. The Morgan fingerprint density at radius 1 is 1.11 bits per heavy atom. The summed E-state index contributed by atoms with van der Waals surface area (Å²) in [6.45, 7) is 8.81. The van der Waals surface area contributed by atoms with E-state index in [0.717, 1.165) is 17.6 Å². The van der Waals surface area contributed by atoms with Crippen LogP contribution in [0.4, 0.5) is 13.2 Å². The molecule has 2 heterocycles. The van der Waals surface area contributed by atoms with Gasteiger partial charge in [0.25, 0.3) is 5.91 Å². The van der Waals surface area contributed by atoms with Gasteiger partial charge in [-0.2, -0.15) is 0 Å². The lowest BCUT2D eigenvalue weighted by molar-refractivity contribution is -0.274. The molecule has 0 bridgehead atoms. The van der Waals surface area contributed by atoms with E-state index in [0.29, 0.717) is 25.1 Å². The standard InChI is InChI=1S/C19H23BF3NO4/c1-17(2)18(3,4)28-20(27-17)14-9-11-24(12-10-14)16(25)13-5-7-15(8-6-13)26-19(21,22)23/h5-9H,10-12H2,1-4H3. The predicted molar refractivity (Wildman–Crippen MR) is 97.8 cm³/mol. The molecule has 9 heteroatoms. The van der Waals surface area contributed by atoms with Crippen LogP contribution in [-0.2, 0) is 9.31 Å². The molecule has 152 valence electrons. The van der Waals surface area contributed by atoms with Crippen molar-refractivity contribution in [1.82, 2.24) is 4.90 Å². The summed E-state index contributed by atoms with van der Waals surface area (Å²) < 4.78 is 52.6. The van der Waals surface area contributed by atoms with Gasteiger partial charge in [-0.25, -0.2) is 0 Å². The van der Waals surface area contributed by atoms with E-state index >= 15 is 0 Å². The Labute approximate surface area is 162 Å². The van der Waals surface area contributed by atoms with Crippen LogP contribution in [0.1, 0.15) is 44.5 Å². The number of benzene rings is 1. The number of hydrogen-bond donors (Lipinski definition) is 0. The smallest absolute Gasteiger partial charge is 0.406 e. The number of carbonyl (C=O) groups is 1. The van der Waals surface area contributed by atoms with E-state index in [9.17, 15) is 18.0 Å². The van der Waals surface area contributed by atoms with Gasteiger partial charge in [0.1, 0.15) is 5.75 Å². The number of hydrogen-bond acceptors (Lipinski definition) is 4. The first-order valence-electron chi connectivity index (χ1n) is 9.08. The molecule has 1 aromatic carbocycles. The molecule has 1 amide bonds. The van der Waals surface area contributed by atoms with Crippen LogP contribution in [-0.4, -0.2) is 48.6 Å². The molecular weight excluding hydrogens is 374 g/mol. The van der Waals surface area contributed by atoms with Crippen molar-refractivity contribution in [3.8, 4) is 5.75 Å². The lowest BCUT2D eigenvalue weighted by atomic mass is 9.74. The monoisotopic (exact) mass is 397 g/mol.